The molecule has 0 aliphatic heterocycles. The van der Waals surface area contributed by atoms with Crippen molar-refractivity contribution in [2.45, 2.75) is 20.0 Å². The lowest BCUT2D eigenvalue weighted by molar-refractivity contribution is 0.693. The maximum atomic E-state index is 4.33. The van der Waals surface area contributed by atoms with E-state index < -0.39 is 0 Å². The molecule has 1 N–H and O–H groups in total. The van der Waals surface area contributed by atoms with Crippen molar-refractivity contribution in [1.29, 1.82) is 0 Å². The molecular formula is C17H17N3. The molecule has 0 amide bonds. The number of benzene rings is 2. The second-order valence-electron chi connectivity index (χ2n) is 4.97. The van der Waals surface area contributed by atoms with Crippen molar-refractivity contribution < 1.29 is 0 Å². The minimum atomic E-state index is 0.834. The number of rotatable bonds is 4. The second kappa shape index (κ2) is 5.80. The second-order valence-corrected chi connectivity index (χ2v) is 4.97. The molecule has 3 aromatic rings. The summed E-state index contributed by atoms with van der Waals surface area (Å²) in [6.07, 6.45) is 3.45. The number of hydrogen-bond acceptors (Lipinski definition) is 3. The van der Waals surface area contributed by atoms with Crippen LogP contribution in [0.3, 0.4) is 0 Å². The molecule has 1 aromatic heterocycles. The van der Waals surface area contributed by atoms with Gasteiger partial charge in [0.25, 0.3) is 0 Å². The van der Waals surface area contributed by atoms with Crippen molar-refractivity contribution in [2.24, 2.45) is 0 Å². The fourth-order valence-corrected chi connectivity index (χ4v) is 2.18. The first kappa shape index (κ1) is 12.8. The summed E-state index contributed by atoms with van der Waals surface area (Å²) < 4.78 is 0. The molecule has 0 aliphatic carbocycles. The Balaban J connectivity index is 1.63. The Hall–Kier alpha value is -2.26. The first-order chi connectivity index (χ1) is 9.81. The van der Waals surface area contributed by atoms with Gasteiger partial charge in [0.1, 0.15) is 0 Å². The number of aryl methyl sites for hydroxylation is 1. The van der Waals surface area contributed by atoms with Crippen molar-refractivity contribution in [3.63, 3.8) is 0 Å². The molecule has 0 fully saturated rings. The standard InChI is InChI=1S/C17H17N3/c1-13-2-4-14(5-3-13)11-18-12-15-6-7-16-17(10-15)20-9-8-19-16/h2-10,18H,11-12H2,1H3. The number of fused-ring (bicyclic) bond motifs is 1. The molecule has 20 heavy (non-hydrogen) atoms. The maximum absolute atomic E-state index is 4.33. The Morgan fingerprint density at radius 3 is 2.25 bits per heavy atom. The first-order valence-electron chi connectivity index (χ1n) is 6.77. The van der Waals surface area contributed by atoms with Crippen molar-refractivity contribution in [3.8, 4) is 0 Å². The summed E-state index contributed by atoms with van der Waals surface area (Å²) in [5, 5.41) is 3.45. The van der Waals surface area contributed by atoms with E-state index in [2.05, 4.69) is 58.6 Å². The molecule has 0 unspecified atom stereocenters. The van der Waals surface area contributed by atoms with E-state index in [-0.39, 0.29) is 0 Å². The van der Waals surface area contributed by atoms with Crippen LogP contribution in [-0.4, -0.2) is 9.97 Å². The monoisotopic (exact) mass is 263 g/mol. The number of nitrogens with zero attached hydrogens (tertiary/aromatic N) is 2. The van der Waals surface area contributed by atoms with Crippen molar-refractivity contribution in [2.75, 3.05) is 0 Å². The minimum absolute atomic E-state index is 0.834. The summed E-state index contributed by atoms with van der Waals surface area (Å²) in [4.78, 5) is 8.60. The van der Waals surface area contributed by atoms with Gasteiger partial charge in [0.15, 0.2) is 0 Å². The van der Waals surface area contributed by atoms with Gasteiger partial charge in [0.05, 0.1) is 11.0 Å². The summed E-state index contributed by atoms with van der Waals surface area (Å²) in [6, 6.07) is 14.8. The third-order valence-corrected chi connectivity index (χ3v) is 3.31. The van der Waals surface area contributed by atoms with Gasteiger partial charge in [-0.15, -0.1) is 0 Å². The SMILES string of the molecule is Cc1ccc(CNCc2ccc3nccnc3c2)cc1. The molecule has 0 radical (unpaired) electrons. The molecule has 0 aliphatic rings. The smallest absolute Gasteiger partial charge is 0.0890 e. The Morgan fingerprint density at radius 2 is 1.45 bits per heavy atom. The summed E-state index contributed by atoms with van der Waals surface area (Å²) >= 11 is 0. The van der Waals surface area contributed by atoms with Gasteiger partial charge in [-0.2, -0.15) is 0 Å². The van der Waals surface area contributed by atoms with Crippen LogP contribution in [0.2, 0.25) is 0 Å². The zero-order chi connectivity index (χ0) is 13.8. The molecule has 0 saturated carbocycles. The van der Waals surface area contributed by atoms with Crippen LogP contribution in [0.5, 0.6) is 0 Å². The highest BCUT2D eigenvalue weighted by atomic mass is 14.8. The van der Waals surface area contributed by atoms with Gasteiger partial charge >= 0.3 is 0 Å². The van der Waals surface area contributed by atoms with E-state index in [4.69, 9.17) is 0 Å². The molecule has 100 valence electrons. The zero-order valence-corrected chi connectivity index (χ0v) is 11.5. The van der Waals surface area contributed by atoms with Crippen molar-refractivity contribution in [1.82, 2.24) is 15.3 Å². The van der Waals surface area contributed by atoms with Gasteiger partial charge in [-0.25, -0.2) is 0 Å². The lowest BCUT2D eigenvalue weighted by Gasteiger charge is -2.06. The minimum Gasteiger partial charge on any atom is -0.309 e. The lowest BCUT2D eigenvalue weighted by Crippen LogP contribution is -2.12. The van der Waals surface area contributed by atoms with Gasteiger partial charge < -0.3 is 5.32 Å². The summed E-state index contributed by atoms with van der Waals surface area (Å²) in [5.74, 6) is 0. The third-order valence-electron chi connectivity index (χ3n) is 3.31. The average Bonchev–Trinajstić information content (AvgIpc) is 2.49. The molecule has 3 heteroatoms. The van der Waals surface area contributed by atoms with E-state index in [1.807, 2.05) is 6.07 Å². The fourth-order valence-electron chi connectivity index (χ4n) is 2.18. The van der Waals surface area contributed by atoms with Gasteiger partial charge in [-0.05, 0) is 30.2 Å². The Morgan fingerprint density at radius 1 is 0.800 bits per heavy atom. The van der Waals surface area contributed by atoms with Gasteiger partial charge in [0.2, 0.25) is 0 Å². The third kappa shape index (κ3) is 3.00. The topological polar surface area (TPSA) is 37.8 Å². The van der Waals surface area contributed by atoms with Crippen molar-refractivity contribution >= 4 is 11.0 Å². The Labute approximate surface area is 118 Å². The first-order valence-corrected chi connectivity index (χ1v) is 6.77. The summed E-state index contributed by atoms with van der Waals surface area (Å²) in [7, 11) is 0. The van der Waals surface area contributed by atoms with Gasteiger partial charge in [-0.1, -0.05) is 35.9 Å². The van der Waals surface area contributed by atoms with Crippen LogP contribution < -0.4 is 5.32 Å². The highest BCUT2D eigenvalue weighted by Crippen LogP contribution is 2.11. The number of aromatic nitrogens is 2. The van der Waals surface area contributed by atoms with Crippen LogP contribution in [0.4, 0.5) is 0 Å². The van der Waals surface area contributed by atoms with E-state index in [9.17, 15) is 0 Å². The molecule has 2 aromatic carbocycles. The molecule has 0 bridgehead atoms. The van der Waals surface area contributed by atoms with Gasteiger partial charge in [0, 0.05) is 25.5 Å². The molecule has 0 saturated heterocycles. The lowest BCUT2D eigenvalue weighted by atomic mass is 10.1. The molecule has 3 rings (SSSR count). The van der Waals surface area contributed by atoms with E-state index in [1.165, 1.54) is 16.7 Å². The predicted octanol–water partition coefficient (Wildman–Crippen LogP) is 3.23. The van der Waals surface area contributed by atoms with E-state index >= 15 is 0 Å². The fraction of sp³-hybridized carbons (Fsp3) is 0.176. The summed E-state index contributed by atoms with van der Waals surface area (Å²) in [5.41, 5.74) is 5.71. The Kier molecular flexibility index (Phi) is 3.70. The van der Waals surface area contributed by atoms with E-state index in [0.29, 0.717) is 0 Å². The van der Waals surface area contributed by atoms with Crippen LogP contribution in [0, 0.1) is 6.92 Å². The number of nitrogens with one attached hydrogen (secondary N) is 1. The molecule has 0 spiro atoms. The van der Waals surface area contributed by atoms with Crippen LogP contribution >= 0.6 is 0 Å². The number of hydrogen-bond donors (Lipinski definition) is 1. The zero-order valence-electron chi connectivity index (χ0n) is 11.5. The quantitative estimate of drug-likeness (QED) is 0.785. The van der Waals surface area contributed by atoms with E-state index in [1.54, 1.807) is 12.4 Å². The molecule has 0 atom stereocenters. The summed E-state index contributed by atoms with van der Waals surface area (Å²) in [6.45, 7) is 3.81. The van der Waals surface area contributed by atoms with Crippen LogP contribution in [-0.2, 0) is 13.1 Å². The molecule has 3 nitrogen and oxygen atoms in total. The highest BCUT2D eigenvalue weighted by molar-refractivity contribution is 5.74. The van der Waals surface area contributed by atoms with Gasteiger partial charge in [-0.3, -0.25) is 9.97 Å². The average molecular weight is 263 g/mol. The molecule has 1 heterocycles. The predicted molar refractivity (Wildman–Crippen MR) is 81.3 cm³/mol. The van der Waals surface area contributed by atoms with Crippen LogP contribution in [0.1, 0.15) is 16.7 Å². The highest BCUT2D eigenvalue weighted by Gasteiger charge is 1.98. The Bertz CT molecular complexity index is 705. The largest absolute Gasteiger partial charge is 0.309 e. The van der Waals surface area contributed by atoms with Crippen LogP contribution in [0.15, 0.2) is 54.9 Å². The molecular weight excluding hydrogens is 246 g/mol. The maximum Gasteiger partial charge on any atom is 0.0890 e. The van der Waals surface area contributed by atoms with Crippen LogP contribution in [0.25, 0.3) is 11.0 Å². The van der Waals surface area contributed by atoms with E-state index in [0.717, 1.165) is 24.1 Å². The van der Waals surface area contributed by atoms with Crippen molar-refractivity contribution in [3.05, 3.63) is 71.5 Å². The normalized spacial score (nSPS) is 10.8.